The molecule has 0 radical (unpaired) electrons. The van der Waals surface area contributed by atoms with Crippen LogP contribution >= 0.6 is 0 Å². The maximum absolute atomic E-state index is 12.5. The van der Waals surface area contributed by atoms with E-state index in [4.69, 9.17) is 18.9 Å². The average Bonchev–Trinajstić information content (AvgIpc) is 2.67. The second-order valence-electron chi connectivity index (χ2n) is 5.78. The van der Waals surface area contributed by atoms with E-state index < -0.39 is 6.10 Å². The summed E-state index contributed by atoms with van der Waals surface area (Å²) in [7, 11) is 4.77. The van der Waals surface area contributed by atoms with Crippen LogP contribution in [-0.4, -0.2) is 33.3 Å². The van der Waals surface area contributed by atoms with Gasteiger partial charge < -0.3 is 24.3 Å². The smallest absolute Gasteiger partial charge is 0.261 e. The summed E-state index contributed by atoms with van der Waals surface area (Å²) in [6.45, 7) is 3.58. The van der Waals surface area contributed by atoms with Gasteiger partial charge in [-0.05, 0) is 44.2 Å². The van der Waals surface area contributed by atoms with Crippen molar-refractivity contribution in [3.63, 3.8) is 0 Å². The van der Waals surface area contributed by atoms with Crippen molar-refractivity contribution in [1.29, 1.82) is 0 Å². The number of hydrogen-bond acceptors (Lipinski definition) is 5. The number of carbonyl (C=O) groups excluding carboxylic acids is 1. The highest BCUT2D eigenvalue weighted by Gasteiger charge is 2.20. The summed E-state index contributed by atoms with van der Waals surface area (Å²) in [6.07, 6.45) is -0.666. The zero-order valence-electron chi connectivity index (χ0n) is 15.7. The molecule has 0 aliphatic rings. The fourth-order valence-corrected chi connectivity index (χ4v) is 2.52. The van der Waals surface area contributed by atoms with E-state index in [9.17, 15) is 4.79 Å². The van der Waals surface area contributed by atoms with Crippen LogP contribution in [-0.2, 0) is 4.79 Å². The Morgan fingerprint density at radius 1 is 0.885 bits per heavy atom. The zero-order chi connectivity index (χ0) is 19.1. The van der Waals surface area contributed by atoms with Gasteiger partial charge >= 0.3 is 0 Å². The van der Waals surface area contributed by atoms with Crippen LogP contribution in [0.15, 0.2) is 42.5 Å². The second kappa shape index (κ2) is 8.99. The SMILES string of the molecule is COc1cccc(O[C@@H](C)C(=O)N[C@@H](C)c2cc(OC)ccc2OC)c1. The number of methoxy groups -OCH3 is 3. The Balaban J connectivity index is 2.06. The van der Waals surface area contributed by atoms with Crippen LogP contribution in [0.25, 0.3) is 0 Å². The highest BCUT2D eigenvalue weighted by atomic mass is 16.5. The molecule has 0 aliphatic heterocycles. The molecule has 0 saturated carbocycles. The fraction of sp³-hybridized carbons (Fsp3) is 0.350. The fourth-order valence-electron chi connectivity index (χ4n) is 2.52. The first-order valence-electron chi connectivity index (χ1n) is 8.31. The Morgan fingerprint density at radius 3 is 2.19 bits per heavy atom. The van der Waals surface area contributed by atoms with Gasteiger partial charge in [0.2, 0.25) is 0 Å². The summed E-state index contributed by atoms with van der Waals surface area (Å²) < 4.78 is 21.5. The van der Waals surface area contributed by atoms with Gasteiger partial charge in [-0.2, -0.15) is 0 Å². The molecule has 6 heteroatoms. The predicted octanol–water partition coefficient (Wildman–Crippen LogP) is 3.36. The van der Waals surface area contributed by atoms with Gasteiger partial charge in [-0.25, -0.2) is 0 Å². The first-order valence-corrected chi connectivity index (χ1v) is 8.31. The van der Waals surface area contributed by atoms with Gasteiger partial charge in [-0.3, -0.25) is 4.79 Å². The summed E-state index contributed by atoms with van der Waals surface area (Å²) in [4.78, 5) is 12.5. The van der Waals surface area contributed by atoms with E-state index in [1.807, 2.05) is 37.3 Å². The second-order valence-corrected chi connectivity index (χ2v) is 5.78. The minimum atomic E-state index is -0.666. The molecule has 26 heavy (non-hydrogen) atoms. The van der Waals surface area contributed by atoms with Crippen molar-refractivity contribution in [2.75, 3.05) is 21.3 Å². The molecule has 0 bridgehead atoms. The zero-order valence-corrected chi connectivity index (χ0v) is 15.7. The molecule has 0 unspecified atom stereocenters. The molecule has 6 nitrogen and oxygen atoms in total. The van der Waals surface area contributed by atoms with Gasteiger partial charge in [0, 0.05) is 11.6 Å². The summed E-state index contributed by atoms with van der Waals surface area (Å²) >= 11 is 0. The number of carbonyl (C=O) groups is 1. The highest BCUT2D eigenvalue weighted by Crippen LogP contribution is 2.29. The van der Waals surface area contributed by atoms with Crippen molar-refractivity contribution >= 4 is 5.91 Å². The molecule has 1 amide bonds. The lowest BCUT2D eigenvalue weighted by Gasteiger charge is -2.21. The quantitative estimate of drug-likeness (QED) is 0.783. The molecule has 1 N–H and O–H groups in total. The van der Waals surface area contributed by atoms with Crippen LogP contribution in [0.2, 0.25) is 0 Å². The van der Waals surface area contributed by atoms with Crippen molar-refractivity contribution < 1.29 is 23.7 Å². The molecular weight excluding hydrogens is 334 g/mol. The van der Waals surface area contributed by atoms with Gasteiger partial charge in [0.15, 0.2) is 6.10 Å². The van der Waals surface area contributed by atoms with E-state index in [0.717, 1.165) is 5.56 Å². The molecule has 2 rings (SSSR count). The Hall–Kier alpha value is -2.89. The lowest BCUT2D eigenvalue weighted by molar-refractivity contribution is -0.127. The number of nitrogens with one attached hydrogen (secondary N) is 1. The van der Waals surface area contributed by atoms with Crippen molar-refractivity contribution in [2.45, 2.75) is 26.0 Å². The first-order chi connectivity index (χ1) is 12.5. The minimum absolute atomic E-state index is 0.231. The predicted molar refractivity (Wildman–Crippen MR) is 99.2 cm³/mol. The van der Waals surface area contributed by atoms with Crippen LogP contribution < -0.4 is 24.3 Å². The number of amides is 1. The average molecular weight is 359 g/mol. The Morgan fingerprint density at radius 2 is 1.54 bits per heavy atom. The minimum Gasteiger partial charge on any atom is -0.497 e. The van der Waals surface area contributed by atoms with Crippen molar-refractivity contribution in [3.05, 3.63) is 48.0 Å². The molecule has 0 fully saturated rings. The molecule has 0 heterocycles. The standard InChI is InChI=1S/C20H25NO5/c1-13(18-12-16(24-4)9-10-19(18)25-5)21-20(22)14(2)26-17-8-6-7-15(11-17)23-3/h6-14H,1-5H3,(H,21,22)/t13-,14-/m0/s1. The van der Waals surface area contributed by atoms with Gasteiger partial charge in [-0.1, -0.05) is 6.07 Å². The van der Waals surface area contributed by atoms with Crippen LogP contribution in [0.3, 0.4) is 0 Å². The maximum atomic E-state index is 12.5. The third-order valence-corrected chi connectivity index (χ3v) is 3.99. The molecule has 2 aromatic carbocycles. The van der Waals surface area contributed by atoms with Crippen molar-refractivity contribution in [3.8, 4) is 23.0 Å². The molecule has 0 saturated heterocycles. The van der Waals surface area contributed by atoms with E-state index in [0.29, 0.717) is 23.0 Å². The number of ether oxygens (including phenoxy) is 4. The summed E-state index contributed by atoms with van der Waals surface area (Å²) in [6, 6.07) is 12.3. The molecular formula is C20H25NO5. The summed E-state index contributed by atoms with van der Waals surface area (Å²) in [5.41, 5.74) is 0.828. The van der Waals surface area contributed by atoms with Gasteiger partial charge in [0.05, 0.1) is 27.4 Å². The third-order valence-electron chi connectivity index (χ3n) is 3.99. The number of hydrogen-bond donors (Lipinski definition) is 1. The maximum Gasteiger partial charge on any atom is 0.261 e. The summed E-state index contributed by atoms with van der Waals surface area (Å²) in [5, 5.41) is 2.94. The van der Waals surface area contributed by atoms with Gasteiger partial charge in [0.25, 0.3) is 5.91 Å². The van der Waals surface area contributed by atoms with Crippen LogP contribution in [0, 0.1) is 0 Å². The van der Waals surface area contributed by atoms with Crippen LogP contribution in [0.5, 0.6) is 23.0 Å². The van der Waals surface area contributed by atoms with Crippen molar-refractivity contribution in [1.82, 2.24) is 5.32 Å². The lowest BCUT2D eigenvalue weighted by atomic mass is 10.1. The summed E-state index contributed by atoms with van der Waals surface area (Å²) in [5.74, 6) is 2.39. The Bertz CT molecular complexity index is 747. The molecule has 2 aromatic rings. The first kappa shape index (κ1) is 19.4. The van der Waals surface area contributed by atoms with Gasteiger partial charge in [-0.15, -0.1) is 0 Å². The molecule has 2 atom stereocenters. The van der Waals surface area contributed by atoms with Crippen LogP contribution in [0.4, 0.5) is 0 Å². The monoisotopic (exact) mass is 359 g/mol. The van der Waals surface area contributed by atoms with Gasteiger partial charge in [0.1, 0.15) is 23.0 Å². The lowest BCUT2D eigenvalue weighted by Crippen LogP contribution is -2.37. The normalized spacial score (nSPS) is 12.7. The largest absolute Gasteiger partial charge is 0.497 e. The number of benzene rings is 2. The highest BCUT2D eigenvalue weighted by molar-refractivity contribution is 5.81. The topological polar surface area (TPSA) is 66.0 Å². The van der Waals surface area contributed by atoms with E-state index in [1.54, 1.807) is 40.4 Å². The molecule has 140 valence electrons. The Kier molecular flexibility index (Phi) is 6.72. The van der Waals surface area contributed by atoms with E-state index >= 15 is 0 Å². The van der Waals surface area contributed by atoms with Crippen molar-refractivity contribution in [2.24, 2.45) is 0 Å². The van der Waals surface area contributed by atoms with E-state index in [2.05, 4.69) is 5.32 Å². The Labute approximate surface area is 154 Å². The molecule has 0 aliphatic carbocycles. The van der Waals surface area contributed by atoms with E-state index in [-0.39, 0.29) is 11.9 Å². The number of rotatable bonds is 8. The van der Waals surface area contributed by atoms with Crippen LogP contribution in [0.1, 0.15) is 25.5 Å². The molecule has 0 spiro atoms. The van der Waals surface area contributed by atoms with E-state index in [1.165, 1.54) is 0 Å². The third kappa shape index (κ3) is 4.81. The molecule has 0 aromatic heterocycles.